The number of nitrogens with one attached hydrogen (secondary N) is 3. The predicted molar refractivity (Wildman–Crippen MR) is 109 cm³/mol. The van der Waals surface area contributed by atoms with E-state index in [1.165, 1.54) is 18.4 Å². The van der Waals surface area contributed by atoms with Crippen molar-refractivity contribution in [1.82, 2.24) is 15.6 Å². The van der Waals surface area contributed by atoms with Crippen LogP contribution < -0.4 is 16.0 Å². The molecule has 4 rings (SSSR count). The molecule has 3 N–H and O–H groups in total. The van der Waals surface area contributed by atoms with Crippen LogP contribution in [-0.4, -0.2) is 24.1 Å². The summed E-state index contributed by atoms with van der Waals surface area (Å²) in [7, 11) is 0. The number of carbonyl (C=O) groups excluding carboxylic acids is 1. The van der Waals surface area contributed by atoms with Gasteiger partial charge in [0, 0.05) is 18.5 Å². The molecule has 1 unspecified atom stereocenters. The van der Waals surface area contributed by atoms with Gasteiger partial charge in [-0.25, -0.2) is 9.78 Å². The molecule has 138 valence electrons. The summed E-state index contributed by atoms with van der Waals surface area (Å²) >= 11 is 0. The lowest BCUT2D eigenvalue weighted by Gasteiger charge is -2.19. The SMILES string of the molecule is O=C(NCCNc1ccc2ccccc2n1)NC(c1ccccc1)C1CC1. The Bertz CT molecular complexity index is 908. The molecule has 1 heterocycles. The first-order valence-electron chi connectivity index (χ1n) is 9.48. The van der Waals surface area contributed by atoms with Crippen LogP contribution in [0.5, 0.6) is 0 Å². The summed E-state index contributed by atoms with van der Waals surface area (Å²) in [5.74, 6) is 1.37. The van der Waals surface area contributed by atoms with Gasteiger partial charge in [0.25, 0.3) is 0 Å². The molecule has 1 aromatic heterocycles. The molecule has 1 aliphatic carbocycles. The van der Waals surface area contributed by atoms with Crippen molar-refractivity contribution in [2.45, 2.75) is 18.9 Å². The van der Waals surface area contributed by atoms with Crippen LogP contribution in [0.25, 0.3) is 10.9 Å². The van der Waals surface area contributed by atoms with E-state index in [-0.39, 0.29) is 12.1 Å². The van der Waals surface area contributed by atoms with E-state index in [0.717, 1.165) is 16.7 Å². The van der Waals surface area contributed by atoms with Crippen molar-refractivity contribution in [2.75, 3.05) is 18.4 Å². The lowest BCUT2D eigenvalue weighted by molar-refractivity contribution is 0.236. The van der Waals surface area contributed by atoms with Crippen LogP contribution in [0.2, 0.25) is 0 Å². The normalized spacial score (nSPS) is 14.5. The number of carbonyl (C=O) groups is 1. The van der Waals surface area contributed by atoms with Crippen LogP contribution in [0.15, 0.2) is 66.7 Å². The van der Waals surface area contributed by atoms with E-state index in [2.05, 4.69) is 33.1 Å². The standard InChI is InChI=1S/C22H24N4O/c27-22(26-21(18-10-11-18)17-7-2-1-3-8-17)24-15-14-23-20-13-12-16-6-4-5-9-19(16)25-20/h1-9,12-13,18,21H,10-11,14-15H2,(H,23,25)(H2,24,26,27). The highest BCUT2D eigenvalue weighted by Crippen LogP contribution is 2.40. The molecule has 0 radical (unpaired) electrons. The molecule has 0 bridgehead atoms. The lowest BCUT2D eigenvalue weighted by Crippen LogP contribution is -2.40. The van der Waals surface area contributed by atoms with Crippen molar-refractivity contribution in [3.63, 3.8) is 0 Å². The number of pyridine rings is 1. The van der Waals surface area contributed by atoms with Gasteiger partial charge in [0.15, 0.2) is 0 Å². The summed E-state index contributed by atoms with van der Waals surface area (Å²) < 4.78 is 0. The molecular formula is C22H24N4O. The van der Waals surface area contributed by atoms with Crippen molar-refractivity contribution in [2.24, 2.45) is 5.92 Å². The zero-order valence-corrected chi connectivity index (χ0v) is 15.2. The number of fused-ring (bicyclic) bond motifs is 1. The molecule has 0 aliphatic heterocycles. The van der Waals surface area contributed by atoms with E-state index in [4.69, 9.17) is 0 Å². The van der Waals surface area contributed by atoms with Crippen molar-refractivity contribution < 1.29 is 4.79 Å². The number of anilines is 1. The highest BCUT2D eigenvalue weighted by molar-refractivity contribution is 5.80. The predicted octanol–water partition coefficient (Wildman–Crippen LogP) is 4.10. The minimum atomic E-state index is -0.121. The molecular weight excluding hydrogens is 336 g/mol. The first-order valence-corrected chi connectivity index (χ1v) is 9.48. The van der Waals surface area contributed by atoms with Crippen LogP contribution in [0.3, 0.4) is 0 Å². The molecule has 1 saturated carbocycles. The minimum absolute atomic E-state index is 0.0984. The molecule has 1 aliphatic rings. The van der Waals surface area contributed by atoms with Gasteiger partial charge in [-0.05, 0) is 42.5 Å². The number of aromatic nitrogens is 1. The maximum absolute atomic E-state index is 12.3. The molecule has 2 amide bonds. The zero-order valence-electron chi connectivity index (χ0n) is 15.2. The van der Waals surface area contributed by atoms with Gasteiger partial charge in [0.1, 0.15) is 5.82 Å². The summed E-state index contributed by atoms with van der Waals surface area (Å²) in [4.78, 5) is 16.9. The minimum Gasteiger partial charge on any atom is -0.368 e. The largest absolute Gasteiger partial charge is 0.368 e. The van der Waals surface area contributed by atoms with Gasteiger partial charge in [0.05, 0.1) is 11.6 Å². The number of amides is 2. The highest BCUT2D eigenvalue weighted by Gasteiger charge is 2.33. The molecule has 5 heteroatoms. The smallest absolute Gasteiger partial charge is 0.315 e. The zero-order chi connectivity index (χ0) is 18.5. The quantitative estimate of drug-likeness (QED) is 0.556. The van der Waals surface area contributed by atoms with Crippen molar-refractivity contribution >= 4 is 22.8 Å². The number of rotatable bonds is 7. The van der Waals surface area contributed by atoms with E-state index in [9.17, 15) is 4.79 Å². The number of hydrogen-bond donors (Lipinski definition) is 3. The van der Waals surface area contributed by atoms with Gasteiger partial charge in [-0.2, -0.15) is 0 Å². The monoisotopic (exact) mass is 360 g/mol. The Labute approximate surface area is 159 Å². The molecule has 1 atom stereocenters. The average Bonchev–Trinajstić information content (AvgIpc) is 3.55. The van der Waals surface area contributed by atoms with Crippen molar-refractivity contribution in [3.8, 4) is 0 Å². The van der Waals surface area contributed by atoms with E-state index in [0.29, 0.717) is 19.0 Å². The number of benzene rings is 2. The van der Waals surface area contributed by atoms with Gasteiger partial charge in [-0.1, -0.05) is 48.5 Å². The van der Waals surface area contributed by atoms with E-state index >= 15 is 0 Å². The Morgan fingerprint density at radius 3 is 2.56 bits per heavy atom. The summed E-state index contributed by atoms with van der Waals surface area (Å²) in [5, 5.41) is 10.4. The number of nitrogens with zero attached hydrogens (tertiary/aromatic N) is 1. The first-order chi connectivity index (χ1) is 13.3. The van der Waals surface area contributed by atoms with Gasteiger partial charge < -0.3 is 16.0 Å². The fourth-order valence-electron chi connectivity index (χ4n) is 3.29. The second-order valence-corrected chi connectivity index (χ2v) is 6.94. The third kappa shape index (κ3) is 4.56. The summed E-state index contributed by atoms with van der Waals surface area (Å²) in [6.45, 7) is 1.16. The lowest BCUT2D eigenvalue weighted by atomic mass is 10.0. The number of para-hydroxylation sites is 1. The van der Waals surface area contributed by atoms with E-state index in [1.54, 1.807) is 0 Å². The molecule has 0 spiro atoms. The average molecular weight is 360 g/mol. The first kappa shape index (κ1) is 17.3. The van der Waals surface area contributed by atoms with Crippen LogP contribution in [0.1, 0.15) is 24.4 Å². The molecule has 0 saturated heterocycles. The Kier molecular flexibility index (Phi) is 5.19. The fraction of sp³-hybridized carbons (Fsp3) is 0.273. The van der Waals surface area contributed by atoms with Gasteiger partial charge >= 0.3 is 6.03 Å². The van der Waals surface area contributed by atoms with Gasteiger partial charge in [-0.15, -0.1) is 0 Å². The van der Waals surface area contributed by atoms with E-state index < -0.39 is 0 Å². The second kappa shape index (κ2) is 8.08. The Morgan fingerprint density at radius 1 is 0.963 bits per heavy atom. The Hall–Kier alpha value is -3.08. The topological polar surface area (TPSA) is 66.0 Å². The second-order valence-electron chi connectivity index (χ2n) is 6.94. The molecule has 1 fully saturated rings. The Morgan fingerprint density at radius 2 is 1.74 bits per heavy atom. The third-order valence-electron chi connectivity index (χ3n) is 4.85. The number of hydrogen-bond acceptors (Lipinski definition) is 3. The Balaban J connectivity index is 1.25. The summed E-state index contributed by atoms with van der Waals surface area (Å²) in [6, 6.07) is 22.2. The van der Waals surface area contributed by atoms with E-state index in [1.807, 2.05) is 54.6 Å². The van der Waals surface area contributed by atoms with Crippen LogP contribution in [-0.2, 0) is 0 Å². The third-order valence-corrected chi connectivity index (χ3v) is 4.85. The van der Waals surface area contributed by atoms with Crippen molar-refractivity contribution in [3.05, 3.63) is 72.3 Å². The fourth-order valence-corrected chi connectivity index (χ4v) is 3.29. The molecule has 3 aromatic rings. The molecule has 2 aromatic carbocycles. The molecule has 27 heavy (non-hydrogen) atoms. The van der Waals surface area contributed by atoms with Crippen molar-refractivity contribution in [1.29, 1.82) is 0 Å². The summed E-state index contributed by atoms with van der Waals surface area (Å²) in [5.41, 5.74) is 2.14. The maximum atomic E-state index is 12.3. The summed E-state index contributed by atoms with van der Waals surface area (Å²) in [6.07, 6.45) is 2.35. The highest BCUT2D eigenvalue weighted by atomic mass is 16.2. The van der Waals surface area contributed by atoms with Crippen LogP contribution >= 0.6 is 0 Å². The van der Waals surface area contributed by atoms with Gasteiger partial charge in [0.2, 0.25) is 0 Å². The molecule has 5 nitrogen and oxygen atoms in total. The van der Waals surface area contributed by atoms with Crippen LogP contribution in [0.4, 0.5) is 10.6 Å². The maximum Gasteiger partial charge on any atom is 0.315 e. The van der Waals surface area contributed by atoms with Crippen LogP contribution in [0, 0.1) is 5.92 Å². The van der Waals surface area contributed by atoms with Gasteiger partial charge in [-0.3, -0.25) is 0 Å². The number of urea groups is 1.